The predicted molar refractivity (Wildman–Crippen MR) is 61.9 cm³/mol. The summed E-state index contributed by atoms with van der Waals surface area (Å²) >= 11 is 0. The maximum Gasteiger partial charge on any atom is 0.115 e. The van der Waals surface area contributed by atoms with Crippen molar-refractivity contribution in [3.8, 4) is 0 Å². The first kappa shape index (κ1) is 19.0. The van der Waals surface area contributed by atoms with E-state index in [9.17, 15) is 0 Å². The van der Waals surface area contributed by atoms with Crippen molar-refractivity contribution in [3.05, 3.63) is 12.3 Å². The van der Waals surface area contributed by atoms with Crippen LogP contribution in [-0.4, -0.2) is 74.9 Å². The minimum atomic E-state index is -0.816. The van der Waals surface area contributed by atoms with Gasteiger partial charge in [-0.1, -0.05) is 0 Å². The fraction of sp³-hybridized carbons (Fsp3) is 0.818. The zero-order chi connectivity index (χ0) is 12.4. The van der Waals surface area contributed by atoms with Crippen molar-refractivity contribution in [3.63, 3.8) is 0 Å². The van der Waals surface area contributed by atoms with Gasteiger partial charge in [-0.05, 0) is 6.08 Å². The number of ether oxygens (including phenoxy) is 2. The Balaban J connectivity index is 0. The van der Waals surface area contributed by atoms with Gasteiger partial charge in [0.05, 0.1) is 47.2 Å². The molecule has 0 rings (SSSR count). The van der Waals surface area contributed by atoms with Crippen molar-refractivity contribution in [2.45, 2.75) is 6.10 Å². The monoisotopic (exact) mass is 269 g/mol. The number of rotatable bonds is 9. The van der Waals surface area contributed by atoms with Gasteiger partial charge in [0.2, 0.25) is 0 Å². The molecule has 0 aliphatic heterocycles. The molecule has 0 aromatic rings. The molecular formula is C11H24ClNO4. The number of quaternary nitrogens is 1. The lowest BCUT2D eigenvalue weighted by atomic mass is 10.4. The van der Waals surface area contributed by atoms with Gasteiger partial charge < -0.3 is 36.6 Å². The number of aliphatic hydroxyl groups excluding tert-OH is 2. The molecule has 104 valence electrons. The maximum atomic E-state index is 8.95. The Kier molecular flexibility index (Phi) is 12.1. The highest BCUT2D eigenvalue weighted by molar-refractivity contribution is 4.73. The van der Waals surface area contributed by atoms with Gasteiger partial charge in [0.25, 0.3) is 0 Å². The number of likely N-dealkylation sites (N-methyl/N-ethyl adjacent to an activating group) is 1. The first-order chi connectivity index (χ1) is 7.45. The molecule has 0 heterocycles. The quantitative estimate of drug-likeness (QED) is 0.260. The van der Waals surface area contributed by atoms with Gasteiger partial charge in [0, 0.05) is 0 Å². The van der Waals surface area contributed by atoms with Crippen LogP contribution in [0.15, 0.2) is 12.3 Å². The summed E-state index contributed by atoms with van der Waals surface area (Å²) in [6.07, 6.45) is 2.40. The van der Waals surface area contributed by atoms with Gasteiger partial charge in [0.15, 0.2) is 0 Å². The fourth-order valence-corrected chi connectivity index (χ4v) is 0.816. The second kappa shape index (κ2) is 10.8. The molecule has 0 aliphatic rings. The highest BCUT2D eigenvalue weighted by atomic mass is 35.5. The summed E-state index contributed by atoms with van der Waals surface area (Å²) in [5.41, 5.74) is 0. The van der Waals surface area contributed by atoms with Crippen molar-refractivity contribution in [1.29, 1.82) is 0 Å². The third-order valence-electron chi connectivity index (χ3n) is 1.81. The smallest absolute Gasteiger partial charge is 0.115 e. The summed E-state index contributed by atoms with van der Waals surface area (Å²) in [6.45, 7) is 1.97. The predicted octanol–water partition coefficient (Wildman–Crippen LogP) is -3.40. The number of hydrogen-bond acceptors (Lipinski definition) is 4. The van der Waals surface area contributed by atoms with E-state index in [1.54, 1.807) is 6.08 Å². The number of aliphatic hydroxyl groups is 2. The standard InChI is InChI=1S/C11H24NO4.ClH/c1-12(2,3)5-8-15-6-4-7-16-10-11(14)9-13;/h4,7,11,13-14H,5-6,8-10H2,1-3H3;1H/q+1;/p-1. The third kappa shape index (κ3) is 15.7. The lowest BCUT2D eigenvalue weighted by Crippen LogP contribution is -3.00. The van der Waals surface area contributed by atoms with Gasteiger partial charge in [-0.3, -0.25) is 0 Å². The van der Waals surface area contributed by atoms with Crippen LogP contribution in [-0.2, 0) is 9.47 Å². The van der Waals surface area contributed by atoms with Crippen molar-refractivity contribution >= 4 is 0 Å². The van der Waals surface area contributed by atoms with E-state index in [0.717, 1.165) is 11.0 Å². The molecule has 0 saturated heterocycles. The van der Waals surface area contributed by atoms with Crippen LogP contribution in [0.3, 0.4) is 0 Å². The summed E-state index contributed by atoms with van der Waals surface area (Å²) in [5.74, 6) is 0. The Morgan fingerprint density at radius 3 is 2.47 bits per heavy atom. The van der Waals surface area contributed by atoms with Crippen LogP contribution in [0.1, 0.15) is 0 Å². The molecule has 17 heavy (non-hydrogen) atoms. The Bertz CT molecular complexity index is 194. The van der Waals surface area contributed by atoms with Crippen molar-refractivity contribution in [2.75, 3.05) is 54.1 Å². The first-order valence-electron chi connectivity index (χ1n) is 5.39. The normalized spacial score (nSPS) is 13.5. The largest absolute Gasteiger partial charge is 1.00 e. The second-order valence-corrected chi connectivity index (χ2v) is 4.63. The van der Waals surface area contributed by atoms with Gasteiger partial charge in [-0.2, -0.15) is 0 Å². The molecule has 0 aromatic carbocycles. The second-order valence-electron chi connectivity index (χ2n) is 4.63. The molecule has 0 radical (unpaired) electrons. The molecule has 5 nitrogen and oxygen atoms in total. The molecule has 1 atom stereocenters. The Morgan fingerprint density at radius 2 is 1.94 bits per heavy atom. The van der Waals surface area contributed by atoms with E-state index in [1.165, 1.54) is 6.26 Å². The van der Waals surface area contributed by atoms with E-state index >= 15 is 0 Å². The molecule has 0 amide bonds. The molecule has 0 bridgehead atoms. The van der Waals surface area contributed by atoms with Crippen LogP contribution in [0.25, 0.3) is 0 Å². The zero-order valence-corrected chi connectivity index (χ0v) is 11.6. The van der Waals surface area contributed by atoms with Crippen molar-refractivity contribution in [2.24, 2.45) is 0 Å². The van der Waals surface area contributed by atoms with Crippen molar-refractivity contribution in [1.82, 2.24) is 0 Å². The van der Waals surface area contributed by atoms with Gasteiger partial charge in [-0.25, -0.2) is 0 Å². The van der Waals surface area contributed by atoms with E-state index in [4.69, 9.17) is 19.7 Å². The fourth-order valence-electron chi connectivity index (χ4n) is 0.816. The van der Waals surface area contributed by atoms with Gasteiger partial charge in [-0.15, -0.1) is 0 Å². The number of halogens is 1. The summed E-state index contributed by atoms with van der Waals surface area (Å²) < 4.78 is 11.2. The van der Waals surface area contributed by atoms with E-state index in [0.29, 0.717) is 13.2 Å². The van der Waals surface area contributed by atoms with E-state index < -0.39 is 6.10 Å². The molecule has 2 N–H and O–H groups in total. The average molecular weight is 270 g/mol. The Morgan fingerprint density at radius 1 is 1.29 bits per heavy atom. The summed E-state index contributed by atoms with van der Waals surface area (Å²) in [7, 11) is 6.33. The van der Waals surface area contributed by atoms with Crippen molar-refractivity contribution < 1.29 is 36.6 Å². The number of nitrogens with zero attached hydrogens (tertiary/aromatic N) is 1. The first-order valence-corrected chi connectivity index (χ1v) is 5.39. The van der Waals surface area contributed by atoms with E-state index in [1.807, 2.05) is 0 Å². The van der Waals surface area contributed by atoms with Gasteiger partial charge in [0.1, 0.15) is 19.3 Å². The Labute approximate surface area is 110 Å². The molecule has 0 aromatic heterocycles. The van der Waals surface area contributed by atoms with E-state index in [2.05, 4.69) is 21.1 Å². The maximum absolute atomic E-state index is 8.95. The average Bonchev–Trinajstić information content (AvgIpc) is 2.20. The summed E-state index contributed by atoms with van der Waals surface area (Å²) in [5, 5.41) is 17.4. The SMILES string of the molecule is C[N+](C)(C)CCOCC=COCC(O)CO.[Cl-]. The molecule has 0 aliphatic carbocycles. The highest BCUT2D eigenvalue weighted by Gasteiger charge is 2.04. The van der Waals surface area contributed by atoms with Crippen LogP contribution >= 0.6 is 0 Å². The van der Waals surface area contributed by atoms with Crippen LogP contribution in [0.5, 0.6) is 0 Å². The van der Waals surface area contributed by atoms with Crippen LogP contribution in [0.4, 0.5) is 0 Å². The zero-order valence-electron chi connectivity index (χ0n) is 10.8. The lowest BCUT2D eigenvalue weighted by Gasteiger charge is -2.23. The summed E-state index contributed by atoms with van der Waals surface area (Å²) in [4.78, 5) is 0. The third-order valence-corrected chi connectivity index (χ3v) is 1.81. The van der Waals surface area contributed by atoms with Crippen LogP contribution in [0.2, 0.25) is 0 Å². The summed E-state index contributed by atoms with van der Waals surface area (Å²) in [6, 6.07) is 0. The Hall–Kier alpha value is -0.330. The topological polar surface area (TPSA) is 58.9 Å². The van der Waals surface area contributed by atoms with Gasteiger partial charge >= 0.3 is 0 Å². The molecule has 6 heteroatoms. The number of hydrogen-bond donors (Lipinski definition) is 2. The van der Waals surface area contributed by atoms with Crippen LogP contribution in [0, 0.1) is 0 Å². The molecular weight excluding hydrogens is 246 g/mol. The highest BCUT2D eigenvalue weighted by Crippen LogP contribution is 1.90. The molecule has 0 saturated carbocycles. The lowest BCUT2D eigenvalue weighted by molar-refractivity contribution is -0.870. The molecule has 1 unspecified atom stereocenters. The van der Waals surface area contributed by atoms with E-state index in [-0.39, 0.29) is 25.6 Å². The minimum absolute atomic E-state index is 0. The van der Waals surface area contributed by atoms with Crippen LogP contribution < -0.4 is 12.4 Å². The molecule has 0 spiro atoms. The molecule has 0 fully saturated rings. The minimum Gasteiger partial charge on any atom is -1.00 e.